The van der Waals surface area contributed by atoms with Crippen LogP contribution in [0.3, 0.4) is 0 Å². The quantitative estimate of drug-likeness (QED) is 0.383. The number of nitrogens with one attached hydrogen (secondary N) is 2. The number of nitrogens with zero attached hydrogens (tertiary/aromatic N) is 2. The first-order valence-corrected chi connectivity index (χ1v) is 11.9. The summed E-state index contributed by atoms with van der Waals surface area (Å²) in [6, 6.07) is 13.3. The van der Waals surface area contributed by atoms with Crippen molar-refractivity contribution in [2.24, 2.45) is 5.92 Å². The van der Waals surface area contributed by atoms with Crippen molar-refractivity contribution in [1.82, 2.24) is 14.9 Å². The fourth-order valence-corrected chi connectivity index (χ4v) is 4.71. The van der Waals surface area contributed by atoms with Gasteiger partial charge in [0.25, 0.3) is 0 Å². The Balaban J connectivity index is 1.56. The van der Waals surface area contributed by atoms with Crippen molar-refractivity contribution in [3.8, 4) is 0 Å². The van der Waals surface area contributed by atoms with Gasteiger partial charge in [-0.2, -0.15) is 0 Å². The number of hydrogen-bond acceptors (Lipinski definition) is 5. The van der Waals surface area contributed by atoms with E-state index in [1.807, 2.05) is 43.3 Å². The lowest BCUT2D eigenvalue weighted by Crippen LogP contribution is -2.53. The zero-order chi connectivity index (χ0) is 23.4. The molecule has 2 heterocycles. The summed E-state index contributed by atoms with van der Waals surface area (Å²) in [5, 5.41) is 17.7. The maximum absolute atomic E-state index is 12.0. The average Bonchev–Trinajstić information content (AvgIpc) is 3.13. The Morgan fingerprint density at radius 2 is 2.09 bits per heavy atom. The second kappa shape index (κ2) is 10.7. The molecule has 1 aromatic heterocycles. The number of halogens is 2. The number of carbonyl (C=O) groups is 1. The number of piperidine rings is 1. The maximum Gasteiger partial charge on any atom is 0.309 e. The normalized spacial score (nSPS) is 20.8. The van der Waals surface area contributed by atoms with Crippen molar-refractivity contribution in [3.63, 3.8) is 0 Å². The highest BCUT2D eigenvalue weighted by Crippen LogP contribution is 2.27. The number of anilines is 1. The molecule has 9 heteroatoms. The average molecular weight is 491 g/mol. The second-order valence-corrected chi connectivity index (χ2v) is 9.08. The molecule has 0 spiro atoms. The van der Waals surface area contributed by atoms with Crippen LogP contribution in [0.4, 0.5) is 5.95 Å². The van der Waals surface area contributed by atoms with Crippen LogP contribution in [0.25, 0.3) is 11.0 Å². The number of carboxylic acid groups (broad SMARTS) is 1. The molecule has 7 nitrogen and oxygen atoms in total. The highest BCUT2D eigenvalue weighted by Gasteiger charge is 2.35. The van der Waals surface area contributed by atoms with E-state index in [1.165, 1.54) is 0 Å². The van der Waals surface area contributed by atoms with Crippen molar-refractivity contribution in [2.45, 2.75) is 38.4 Å². The van der Waals surface area contributed by atoms with Gasteiger partial charge in [-0.05, 0) is 49.6 Å². The van der Waals surface area contributed by atoms with Crippen molar-refractivity contribution >= 4 is 46.2 Å². The standard InChI is InChI=1S/C24H28Cl2N4O3/c1-2-33-10-9-30-22-6-4-3-5-20(22)28-24(30)29-21-13-16(27-14-17(21)23(31)32)11-15-7-8-18(25)19(26)12-15/h3-8,12,16-17,21,27H,2,9-11,13-14H2,1H3,(H,28,29)(H,31,32). The van der Waals surface area contributed by atoms with Gasteiger partial charge in [-0.3, -0.25) is 4.79 Å². The Bertz CT molecular complexity index is 1120. The maximum atomic E-state index is 12.0. The minimum absolute atomic E-state index is 0.0941. The largest absolute Gasteiger partial charge is 0.481 e. The highest BCUT2D eigenvalue weighted by molar-refractivity contribution is 6.42. The number of benzene rings is 2. The van der Waals surface area contributed by atoms with Crippen LogP contribution in [0.1, 0.15) is 18.9 Å². The molecule has 1 fully saturated rings. The second-order valence-electron chi connectivity index (χ2n) is 8.26. The monoisotopic (exact) mass is 490 g/mol. The number of rotatable bonds is 9. The Morgan fingerprint density at radius 1 is 1.27 bits per heavy atom. The summed E-state index contributed by atoms with van der Waals surface area (Å²) in [5.41, 5.74) is 2.91. The topological polar surface area (TPSA) is 88.4 Å². The van der Waals surface area contributed by atoms with Crippen LogP contribution in [-0.2, 0) is 22.5 Å². The third-order valence-corrected chi connectivity index (χ3v) is 6.81. The lowest BCUT2D eigenvalue weighted by Gasteiger charge is -2.36. The zero-order valence-electron chi connectivity index (χ0n) is 18.4. The number of hydrogen-bond donors (Lipinski definition) is 3. The lowest BCUT2D eigenvalue weighted by atomic mass is 9.86. The van der Waals surface area contributed by atoms with Gasteiger partial charge in [0.15, 0.2) is 0 Å². The van der Waals surface area contributed by atoms with Gasteiger partial charge in [-0.25, -0.2) is 4.98 Å². The SMILES string of the molecule is CCOCCn1c(NC2CC(Cc3ccc(Cl)c(Cl)c3)NCC2C(=O)O)nc2ccccc21. The summed E-state index contributed by atoms with van der Waals surface area (Å²) in [4.78, 5) is 16.8. The molecule has 0 amide bonds. The molecular weight excluding hydrogens is 463 g/mol. The molecule has 4 rings (SSSR count). The number of ether oxygens (including phenoxy) is 1. The lowest BCUT2D eigenvalue weighted by molar-refractivity contribution is -0.142. The Labute approximate surface area is 203 Å². The van der Waals surface area contributed by atoms with E-state index in [-0.39, 0.29) is 12.1 Å². The van der Waals surface area contributed by atoms with Gasteiger partial charge in [-0.1, -0.05) is 41.4 Å². The summed E-state index contributed by atoms with van der Waals surface area (Å²) in [6.07, 6.45) is 1.36. The minimum atomic E-state index is -0.829. The number of aliphatic carboxylic acids is 1. The predicted octanol–water partition coefficient (Wildman–Crippen LogP) is 4.47. The molecule has 0 radical (unpaired) electrons. The van der Waals surface area contributed by atoms with E-state index in [1.54, 1.807) is 6.07 Å². The fraction of sp³-hybridized carbons (Fsp3) is 0.417. The molecule has 0 aliphatic carbocycles. The van der Waals surface area contributed by atoms with Gasteiger partial charge in [0.1, 0.15) is 0 Å². The smallest absolute Gasteiger partial charge is 0.309 e. The first kappa shape index (κ1) is 23.8. The third-order valence-electron chi connectivity index (χ3n) is 6.07. The van der Waals surface area contributed by atoms with E-state index in [2.05, 4.69) is 15.2 Å². The van der Waals surface area contributed by atoms with E-state index in [0.29, 0.717) is 48.7 Å². The van der Waals surface area contributed by atoms with Crippen molar-refractivity contribution in [3.05, 3.63) is 58.1 Å². The van der Waals surface area contributed by atoms with Crippen LogP contribution in [0, 0.1) is 5.92 Å². The van der Waals surface area contributed by atoms with Crippen LogP contribution in [0.2, 0.25) is 10.0 Å². The van der Waals surface area contributed by atoms with E-state index in [4.69, 9.17) is 32.9 Å². The molecule has 0 bridgehead atoms. The van der Waals surface area contributed by atoms with Gasteiger partial charge >= 0.3 is 5.97 Å². The van der Waals surface area contributed by atoms with Crippen LogP contribution in [0.15, 0.2) is 42.5 Å². The predicted molar refractivity (Wildman–Crippen MR) is 131 cm³/mol. The molecular formula is C24H28Cl2N4O3. The fourth-order valence-electron chi connectivity index (χ4n) is 4.39. The third kappa shape index (κ3) is 5.61. The molecule has 1 aliphatic heterocycles. The summed E-state index contributed by atoms with van der Waals surface area (Å²) >= 11 is 12.2. The first-order valence-electron chi connectivity index (χ1n) is 11.2. The summed E-state index contributed by atoms with van der Waals surface area (Å²) in [7, 11) is 0. The molecule has 2 aromatic carbocycles. The minimum Gasteiger partial charge on any atom is -0.481 e. The molecule has 0 saturated carbocycles. The van der Waals surface area contributed by atoms with E-state index in [9.17, 15) is 9.90 Å². The molecule has 1 aliphatic rings. The zero-order valence-corrected chi connectivity index (χ0v) is 19.9. The Morgan fingerprint density at radius 3 is 2.85 bits per heavy atom. The molecule has 3 N–H and O–H groups in total. The Hall–Kier alpha value is -2.32. The van der Waals surface area contributed by atoms with Gasteiger partial charge < -0.3 is 25.0 Å². The number of carboxylic acids is 1. The molecule has 1 saturated heterocycles. The van der Waals surface area contributed by atoms with Crippen molar-refractivity contribution < 1.29 is 14.6 Å². The number of imidazole rings is 1. The molecule has 3 unspecified atom stereocenters. The summed E-state index contributed by atoms with van der Waals surface area (Å²) in [6.45, 7) is 4.16. The van der Waals surface area contributed by atoms with E-state index < -0.39 is 11.9 Å². The van der Waals surface area contributed by atoms with Crippen LogP contribution in [0.5, 0.6) is 0 Å². The van der Waals surface area contributed by atoms with Crippen LogP contribution in [-0.4, -0.2) is 52.5 Å². The van der Waals surface area contributed by atoms with E-state index in [0.717, 1.165) is 23.0 Å². The number of aromatic nitrogens is 2. The van der Waals surface area contributed by atoms with Gasteiger partial charge in [0.05, 0.1) is 33.6 Å². The van der Waals surface area contributed by atoms with Crippen molar-refractivity contribution in [1.29, 1.82) is 0 Å². The molecule has 3 atom stereocenters. The van der Waals surface area contributed by atoms with Gasteiger partial charge in [0.2, 0.25) is 5.95 Å². The van der Waals surface area contributed by atoms with Crippen LogP contribution >= 0.6 is 23.2 Å². The van der Waals surface area contributed by atoms with Crippen LogP contribution < -0.4 is 10.6 Å². The van der Waals surface area contributed by atoms with Gasteiger partial charge in [0, 0.05) is 31.8 Å². The number of para-hydroxylation sites is 2. The first-order chi connectivity index (χ1) is 16.0. The highest BCUT2D eigenvalue weighted by atomic mass is 35.5. The molecule has 33 heavy (non-hydrogen) atoms. The molecule has 176 valence electrons. The van der Waals surface area contributed by atoms with Crippen molar-refractivity contribution in [2.75, 3.05) is 25.1 Å². The number of fused-ring (bicyclic) bond motifs is 1. The molecule has 3 aromatic rings. The van der Waals surface area contributed by atoms with Gasteiger partial charge in [-0.15, -0.1) is 0 Å². The van der Waals surface area contributed by atoms with E-state index >= 15 is 0 Å². The summed E-state index contributed by atoms with van der Waals surface area (Å²) in [5.74, 6) is -0.734. The Kier molecular flexibility index (Phi) is 7.75. The summed E-state index contributed by atoms with van der Waals surface area (Å²) < 4.78 is 7.63.